The summed E-state index contributed by atoms with van der Waals surface area (Å²) in [5.74, 6) is 1.38. The minimum Gasteiger partial charge on any atom is -0.497 e. The van der Waals surface area contributed by atoms with Crippen molar-refractivity contribution in [1.82, 2.24) is 0 Å². The molecule has 0 aliphatic carbocycles. The Labute approximate surface area is 348 Å². The Morgan fingerprint density at radius 1 is 0.732 bits per heavy atom. The van der Waals surface area contributed by atoms with Gasteiger partial charge in [0.05, 0.1) is 32.5 Å². The predicted octanol–water partition coefficient (Wildman–Crippen LogP) is 11.2. The maximum Gasteiger partial charge on any atom is 0.261 e. The number of hydrogen-bond acceptors (Lipinski definition) is 7. The summed E-state index contributed by atoms with van der Waals surface area (Å²) in [5, 5.41) is 2.28. The first-order valence-corrected chi connectivity index (χ1v) is 29.2. The lowest BCUT2D eigenvalue weighted by molar-refractivity contribution is -0.133. The molecule has 6 nitrogen and oxygen atoms in total. The molecular formula is C46H74O6SSi3. The fraction of sp³-hybridized carbons (Fsp3) is 0.587. The number of hydrogen-bond donors (Lipinski definition) is 0. The Hall–Kier alpha value is -2.03. The average molecular weight is 839 g/mol. The van der Waals surface area contributed by atoms with Gasteiger partial charge in [0.2, 0.25) is 5.12 Å². The Kier molecular flexibility index (Phi) is 18.4. The molecular weight excluding hydrogens is 765 g/mol. The second-order valence-electron chi connectivity index (χ2n) is 17.8. The molecule has 0 amide bonds. The smallest absolute Gasteiger partial charge is 0.261 e. The number of carbonyl (C=O) groups excluding carboxylic acids is 1. The molecule has 56 heavy (non-hydrogen) atoms. The fourth-order valence-electron chi connectivity index (χ4n) is 7.45. The van der Waals surface area contributed by atoms with Crippen LogP contribution in [0.25, 0.3) is 0 Å². The van der Waals surface area contributed by atoms with Crippen molar-refractivity contribution < 1.29 is 27.5 Å². The molecule has 3 aromatic rings. The van der Waals surface area contributed by atoms with Crippen LogP contribution in [-0.4, -0.2) is 67.8 Å². The van der Waals surface area contributed by atoms with E-state index in [1.54, 1.807) is 7.11 Å². The van der Waals surface area contributed by atoms with E-state index >= 15 is 0 Å². The van der Waals surface area contributed by atoms with Gasteiger partial charge in [0.1, 0.15) is 5.75 Å². The highest BCUT2D eigenvalue weighted by Gasteiger charge is 2.51. The molecule has 0 heterocycles. The zero-order valence-corrected chi connectivity index (χ0v) is 41.0. The first-order chi connectivity index (χ1) is 26.3. The van der Waals surface area contributed by atoms with Crippen molar-refractivity contribution in [3.63, 3.8) is 0 Å². The molecule has 0 aliphatic rings. The van der Waals surface area contributed by atoms with Crippen LogP contribution in [0.1, 0.15) is 88.1 Å². The molecule has 0 N–H and O–H groups in total. The lowest BCUT2D eigenvalue weighted by Gasteiger charge is -2.45. The van der Waals surface area contributed by atoms with Crippen molar-refractivity contribution in [3.8, 4) is 5.75 Å². The molecule has 0 bridgehead atoms. The summed E-state index contributed by atoms with van der Waals surface area (Å²) in [6, 6.07) is 32.7. The van der Waals surface area contributed by atoms with Crippen LogP contribution in [0.2, 0.25) is 41.3 Å². The first-order valence-electron chi connectivity index (χ1n) is 20.8. The third-order valence-electron chi connectivity index (χ3n) is 12.1. The summed E-state index contributed by atoms with van der Waals surface area (Å²) in [6.07, 6.45) is -0.742. The van der Waals surface area contributed by atoms with Gasteiger partial charge in [0.25, 0.3) is 8.32 Å². The highest BCUT2D eigenvalue weighted by Crippen LogP contribution is 2.41. The predicted molar refractivity (Wildman–Crippen MR) is 246 cm³/mol. The lowest BCUT2D eigenvalue weighted by Crippen LogP contribution is -2.67. The second kappa shape index (κ2) is 21.3. The zero-order valence-electron chi connectivity index (χ0n) is 37.2. The second-order valence-corrected chi connectivity index (χ2v) is 32.9. The summed E-state index contributed by atoms with van der Waals surface area (Å²) in [5.41, 5.74) is 0.980. The van der Waals surface area contributed by atoms with E-state index in [4.69, 9.17) is 22.8 Å². The highest BCUT2D eigenvalue weighted by atomic mass is 32.2. The summed E-state index contributed by atoms with van der Waals surface area (Å²) >= 11 is 1.32. The molecule has 0 saturated carbocycles. The van der Waals surface area contributed by atoms with Crippen molar-refractivity contribution in [1.29, 1.82) is 0 Å². The van der Waals surface area contributed by atoms with E-state index in [1.807, 2.05) is 31.2 Å². The molecule has 0 unspecified atom stereocenters. The van der Waals surface area contributed by atoms with Gasteiger partial charge in [-0.15, -0.1) is 0 Å². The van der Waals surface area contributed by atoms with Crippen LogP contribution in [-0.2, 0) is 29.4 Å². The van der Waals surface area contributed by atoms with E-state index in [2.05, 4.69) is 143 Å². The van der Waals surface area contributed by atoms with Crippen molar-refractivity contribution in [2.75, 3.05) is 19.5 Å². The number of benzene rings is 3. The molecule has 0 aromatic heterocycles. The van der Waals surface area contributed by atoms with Gasteiger partial charge in [-0.1, -0.05) is 161 Å². The van der Waals surface area contributed by atoms with E-state index in [1.165, 1.54) is 22.1 Å². The Morgan fingerprint density at radius 2 is 1.25 bits per heavy atom. The van der Waals surface area contributed by atoms with Gasteiger partial charge < -0.3 is 22.8 Å². The summed E-state index contributed by atoms with van der Waals surface area (Å²) in [4.78, 5) is 14.2. The minimum atomic E-state index is -2.85. The highest BCUT2D eigenvalue weighted by molar-refractivity contribution is 8.13. The largest absolute Gasteiger partial charge is 0.497 e. The van der Waals surface area contributed by atoms with Gasteiger partial charge in [0, 0.05) is 0 Å². The van der Waals surface area contributed by atoms with Crippen LogP contribution >= 0.6 is 11.8 Å². The van der Waals surface area contributed by atoms with Crippen LogP contribution in [0.5, 0.6) is 5.75 Å². The molecule has 0 aliphatic heterocycles. The monoisotopic (exact) mass is 838 g/mol. The lowest BCUT2D eigenvalue weighted by atomic mass is 9.94. The van der Waals surface area contributed by atoms with Gasteiger partial charge in [-0.2, -0.15) is 0 Å². The molecule has 3 aromatic carbocycles. The standard InChI is InChI=1S/C46H74O6SSi3/c1-15-53-44(47)43(49-34-37-29-31-38(48-12)32-30-37)42(52-54(13,14)45(6,7)8)36(5)33-39(51-55(16-2,17-3)18-4)35-50-56(46(9,10)11,40-25-21-19-22-26-40)41-27-23-20-24-28-41/h19-32,36,39,42-43H,15-18,33-35H2,1-14H3/t36-,39-,42-,43+/m1/s1. The molecule has 0 spiro atoms. The minimum absolute atomic E-state index is 0.0111. The van der Waals surface area contributed by atoms with Crippen LogP contribution in [0, 0.1) is 5.92 Å². The van der Waals surface area contributed by atoms with Gasteiger partial charge in [-0.3, -0.25) is 4.79 Å². The third kappa shape index (κ3) is 12.3. The van der Waals surface area contributed by atoms with E-state index in [0.29, 0.717) is 25.4 Å². The average Bonchev–Trinajstić information content (AvgIpc) is 3.17. The number of thioether (sulfide) groups is 1. The molecule has 312 valence electrons. The molecule has 0 radical (unpaired) electrons. The molecule has 3 rings (SSSR count). The van der Waals surface area contributed by atoms with Crippen molar-refractivity contribution in [3.05, 3.63) is 90.5 Å². The third-order valence-corrected chi connectivity index (χ3v) is 27.1. The summed E-state index contributed by atoms with van der Waals surface area (Å²) in [7, 11) is -5.66. The Bertz CT molecular complexity index is 1540. The summed E-state index contributed by atoms with van der Waals surface area (Å²) < 4.78 is 34.5. The molecule has 0 fully saturated rings. The number of ether oxygens (including phenoxy) is 2. The summed E-state index contributed by atoms with van der Waals surface area (Å²) in [6.45, 7) is 30.1. The SMILES string of the molecule is CCSC(=O)[C@@H](OCc1ccc(OC)cc1)[C@H](O[Si](C)(C)C(C)(C)C)[C@H](C)C[C@H](CO[Si](c1ccccc1)(c1ccccc1)C(C)(C)C)O[Si](CC)(CC)CC. The number of methoxy groups -OCH3 is 1. The maximum absolute atomic E-state index is 14.2. The van der Waals surface area contributed by atoms with Crippen molar-refractivity contribution in [2.45, 2.75) is 149 Å². The topological polar surface area (TPSA) is 63.2 Å². The van der Waals surface area contributed by atoms with Crippen LogP contribution < -0.4 is 15.1 Å². The van der Waals surface area contributed by atoms with E-state index in [9.17, 15) is 4.79 Å². The fourth-order valence-corrected chi connectivity index (χ4v) is 17.0. The van der Waals surface area contributed by atoms with Gasteiger partial charge >= 0.3 is 0 Å². The molecule has 10 heteroatoms. The van der Waals surface area contributed by atoms with Gasteiger partial charge in [-0.25, -0.2) is 0 Å². The number of rotatable bonds is 22. The van der Waals surface area contributed by atoms with E-state index in [-0.39, 0.29) is 27.2 Å². The molecule has 4 atom stereocenters. The maximum atomic E-state index is 14.2. The van der Waals surface area contributed by atoms with E-state index in [0.717, 1.165) is 29.4 Å². The Balaban J connectivity index is 2.15. The van der Waals surface area contributed by atoms with Crippen LogP contribution in [0.15, 0.2) is 84.9 Å². The first kappa shape index (κ1) is 48.3. The van der Waals surface area contributed by atoms with Gasteiger partial charge in [0.15, 0.2) is 22.7 Å². The normalized spacial score (nSPS) is 15.2. The molecule has 0 saturated heterocycles. The van der Waals surface area contributed by atoms with Crippen LogP contribution in [0.3, 0.4) is 0 Å². The number of carbonyl (C=O) groups is 1. The van der Waals surface area contributed by atoms with Crippen molar-refractivity contribution in [2.24, 2.45) is 5.92 Å². The zero-order chi connectivity index (χ0) is 41.8. The Morgan fingerprint density at radius 3 is 1.68 bits per heavy atom. The quantitative estimate of drug-likeness (QED) is 0.0934. The van der Waals surface area contributed by atoms with Crippen LogP contribution in [0.4, 0.5) is 0 Å². The van der Waals surface area contributed by atoms with E-state index < -0.39 is 37.2 Å². The van der Waals surface area contributed by atoms with Crippen molar-refractivity contribution >= 4 is 52.2 Å². The van der Waals surface area contributed by atoms with Gasteiger partial charge in [-0.05, 0) is 87.5 Å².